The Morgan fingerprint density at radius 2 is 2.25 bits per heavy atom. The van der Waals surface area contributed by atoms with Crippen LogP contribution < -0.4 is 5.32 Å². The maximum atomic E-state index is 6.01. The van der Waals surface area contributed by atoms with E-state index < -0.39 is 0 Å². The van der Waals surface area contributed by atoms with Gasteiger partial charge in [-0.25, -0.2) is 0 Å². The number of hydrogen-bond donors (Lipinski definition) is 1. The van der Waals surface area contributed by atoms with Crippen molar-refractivity contribution in [1.29, 1.82) is 0 Å². The van der Waals surface area contributed by atoms with Crippen molar-refractivity contribution in [3.63, 3.8) is 0 Å². The monoisotopic (exact) mass is 237 g/mol. The van der Waals surface area contributed by atoms with Crippen LogP contribution in [0.3, 0.4) is 0 Å². The number of hydrogen-bond acceptors (Lipinski definition) is 1. The average Bonchev–Trinajstić information content (AvgIpc) is 2.29. The van der Waals surface area contributed by atoms with E-state index in [2.05, 4.69) is 30.6 Å². The van der Waals surface area contributed by atoms with Crippen LogP contribution in [0.1, 0.15) is 31.2 Å². The van der Waals surface area contributed by atoms with Crippen molar-refractivity contribution in [2.45, 2.75) is 38.1 Å². The van der Waals surface area contributed by atoms with Gasteiger partial charge in [0.2, 0.25) is 0 Å². The lowest BCUT2D eigenvalue weighted by atomic mass is 9.82. The molecule has 1 aliphatic carbocycles. The topological polar surface area (TPSA) is 12.0 Å². The van der Waals surface area contributed by atoms with Gasteiger partial charge < -0.3 is 5.32 Å². The predicted molar refractivity (Wildman–Crippen MR) is 70.0 cm³/mol. The smallest absolute Gasteiger partial charge is 0.0408 e. The lowest BCUT2D eigenvalue weighted by molar-refractivity contribution is 0.294. The Kier molecular flexibility index (Phi) is 4.25. The molecule has 1 nitrogen and oxygen atoms in total. The molecule has 1 N–H and O–H groups in total. The first kappa shape index (κ1) is 11.9. The molecule has 0 heterocycles. The summed E-state index contributed by atoms with van der Waals surface area (Å²) in [4.78, 5) is 0. The molecule has 0 aliphatic heterocycles. The van der Waals surface area contributed by atoms with E-state index in [-0.39, 0.29) is 0 Å². The van der Waals surface area contributed by atoms with Gasteiger partial charge >= 0.3 is 0 Å². The van der Waals surface area contributed by atoms with E-state index >= 15 is 0 Å². The molecule has 1 aromatic carbocycles. The van der Waals surface area contributed by atoms with Gasteiger partial charge in [-0.05, 0) is 49.9 Å². The van der Waals surface area contributed by atoms with E-state index in [9.17, 15) is 0 Å². The Bertz CT molecular complexity index is 337. The minimum Gasteiger partial charge on any atom is -0.317 e. The summed E-state index contributed by atoms with van der Waals surface area (Å²) in [6, 6.07) is 9.01. The molecule has 0 saturated heterocycles. The van der Waals surface area contributed by atoms with Crippen molar-refractivity contribution in [3.8, 4) is 0 Å². The Balaban J connectivity index is 1.94. The van der Waals surface area contributed by atoms with Crippen molar-refractivity contribution >= 4 is 11.6 Å². The Hall–Kier alpha value is -0.530. The van der Waals surface area contributed by atoms with E-state index in [1.54, 1.807) is 0 Å². The summed E-state index contributed by atoms with van der Waals surface area (Å²) in [6.07, 6.45) is 6.55. The highest BCUT2D eigenvalue weighted by Gasteiger charge is 2.20. The van der Waals surface area contributed by atoms with Gasteiger partial charge in [-0.15, -0.1) is 0 Å². The molecule has 0 amide bonds. The molecule has 2 unspecified atom stereocenters. The minimum atomic E-state index is 0.720. The second-order valence-corrected chi connectivity index (χ2v) is 5.29. The highest BCUT2D eigenvalue weighted by atomic mass is 35.5. The molecule has 1 fully saturated rings. The molecule has 1 saturated carbocycles. The molecular formula is C14H20ClN. The van der Waals surface area contributed by atoms with Gasteiger partial charge in [-0.3, -0.25) is 0 Å². The molecule has 0 radical (unpaired) electrons. The fourth-order valence-corrected chi connectivity index (χ4v) is 2.95. The first-order chi connectivity index (χ1) is 7.78. The fraction of sp³-hybridized carbons (Fsp3) is 0.571. The highest BCUT2D eigenvalue weighted by molar-refractivity contribution is 6.30. The first-order valence-electron chi connectivity index (χ1n) is 6.19. The Morgan fingerprint density at radius 1 is 1.38 bits per heavy atom. The standard InChI is InChI=1S/C14H20ClN/c1-16-14-7-3-5-12(10-14)8-11-4-2-6-13(15)9-11/h2,4,6,9,12,14,16H,3,5,7-8,10H2,1H3. The first-order valence-corrected chi connectivity index (χ1v) is 6.57. The summed E-state index contributed by atoms with van der Waals surface area (Å²) >= 11 is 6.01. The normalized spacial score (nSPS) is 25.6. The highest BCUT2D eigenvalue weighted by Crippen LogP contribution is 2.27. The SMILES string of the molecule is CNC1CCCC(Cc2cccc(Cl)c2)C1. The van der Waals surface area contributed by atoms with Crippen LogP contribution in [0.5, 0.6) is 0 Å². The van der Waals surface area contributed by atoms with Crippen LogP contribution in [-0.4, -0.2) is 13.1 Å². The van der Waals surface area contributed by atoms with E-state index in [1.165, 1.54) is 37.7 Å². The van der Waals surface area contributed by atoms with E-state index in [4.69, 9.17) is 11.6 Å². The third-order valence-corrected chi connectivity index (χ3v) is 3.84. The number of benzene rings is 1. The predicted octanol–water partition coefficient (Wildman–Crippen LogP) is 3.66. The van der Waals surface area contributed by atoms with Gasteiger partial charge in [-0.1, -0.05) is 36.6 Å². The molecule has 2 heteroatoms. The van der Waals surface area contributed by atoms with Crippen LogP contribution in [0.4, 0.5) is 0 Å². The van der Waals surface area contributed by atoms with Gasteiger partial charge in [0, 0.05) is 11.1 Å². The van der Waals surface area contributed by atoms with Gasteiger partial charge in [0.1, 0.15) is 0 Å². The van der Waals surface area contributed by atoms with Crippen LogP contribution >= 0.6 is 11.6 Å². The van der Waals surface area contributed by atoms with Crippen molar-refractivity contribution in [2.24, 2.45) is 5.92 Å². The zero-order chi connectivity index (χ0) is 11.4. The molecule has 0 bridgehead atoms. The van der Waals surface area contributed by atoms with Crippen molar-refractivity contribution in [3.05, 3.63) is 34.9 Å². The van der Waals surface area contributed by atoms with Crippen LogP contribution in [0.25, 0.3) is 0 Å². The van der Waals surface area contributed by atoms with Crippen LogP contribution in [0.15, 0.2) is 24.3 Å². The van der Waals surface area contributed by atoms with Crippen molar-refractivity contribution in [1.82, 2.24) is 5.32 Å². The maximum absolute atomic E-state index is 6.01. The third kappa shape index (κ3) is 3.23. The lowest BCUT2D eigenvalue weighted by Gasteiger charge is -2.29. The van der Waals surface area contributed by atoms with Gasteiger partial charge in [0.05, 0.1) is 0 Å². The Labute approximate surface area is 103 Å². The third-order valence-electron chi connectivity index (χ3n) is 3.60. The van der Waals surface area contributed by atoms with Crippen LogP contribution in [-0.2, 0) is 6.42 Å². The average molecular weight is 238 g/mol. The molecule has 1 aromatic rings. The zero-order valence-electron chi connectivity index (χ0n) is 9.88. The molecular weight excluding hydrogens is 218 g/mol. The summed E-state index contributed by atoms with van der Waals surface area (Å²) in [5.74, 6) is 0.824. The fourth-order valence-electron chi connectivity index (χ4n) is 2.74. The second-order valence-electron chi connectivity index (χ2n) is 4.85. The molecule has 0 aromatic heterocycles. The number of halogens is 1. The molecule has 88 valence electrons. The summed E-state index contributed by atoms with van der Waals surface area (Å²) < 4.78 is 0. The van der Waals surface area contributed by atoms with Gasteiger partial charge in [0.25, 0.3) is 0 Å². The summed E-state index contributed by atoms with van der Waals surface area (Å²) in [5, 5.41) is 4.26. The zero-order valence-corrected chi connectivity index (χ0v) is 10.6. The van der Waals surface area contributed by atoms with E-state index in [0.717, 1.165) is 17.0 Å². The summed E-state index contributed by atoms with van der Waals surface area (Å²) in [6.45, 7) is 0. The van der Waals surface area contributed by atoms with Crippen molar-refractivity contribution < 1.29 is 0 Å². The molecule has 2 atom stereocenters. The largest absolute Gasteiger partial charge is 0.317 e. The Morgan fingerprint density at radius 3 is 3.00 bits per heavy atom. The van der Waals surface area contributed by atoms with Gasteiger partial charge in [0.15, 0.2) is 0 Å². The number of rotatable bonds is 3. The number of nitrogens with one attached hydrogen (secondary N) is 1. The second kappa shape index (κ2) is 5.70. The lowest BCUT2D eigenvalue weighted by Crippen LogP contribution is -2.31. The van der Waals surface area contributed by atoms with Crippen molar-refractivity contribution in [2.75, 3.05) is 7.05 Å². The molecule has 0 spiro atoms. The molecule has 16 heavy (non-hydrogen) atoms. The minimum absolute atomic E-state index is 0.720. The molecule has 1 aliphatic rings. The summed E-state index contributed by atoms with van der Waals surface area (Å²) in [5.41, 5.74) is 1.38. The van der Waals surface area contributed by atoms with E-state index in [1.807, 2.05) is 6.07 Å². The van der Waals surface area contributed by atoms with Gasteiger partial charge in [-0.2, -0.15) is 0 Å². The van der Waals surface area contributed by atoms with Crippen LogP contribution in [0.2, 0.25) is 5.02 Å². The van der Waals surface area contributed by atoms with E-state index in [0.29, 0.717) is 0 Å². The molecule has 2 rings (SSSR count). The van der Waals surface area contributed by atoms with Crippen LogP contribution in [0, 0.1) is 5.92 Å². The quantitative estimate of drug-likeness (QED) is 0.846. The maximum Gasteiger partial charge on any atom is 0.0408 e. The summed E-state index contributed by atoms with van der Waals surface area (Å²) in [7, 11) is 2.08.